The monoisotopic (exact) mass is 321 g/mol. The molecule has 0 aliphatic rings. The Morgan fingerprint density at radius 3 is 2.70 bits per heavy atom. The zero-order valence-electron chi connectivity index (χ0n) is 11.7. The van der Waals surface area contributed by atoms with E-state index in [2.05, 4.69) is 9.71 Å². The van der Waals surface area contributed by atoms with Gasteiger partial charge in [-0.2, -0.15) is 0 Å². The van der Waals surface area contributed by atoms with Crippen LogP contribution in [0.4, 0.5) is 5.13 Å². The number of nitrogens with zero attached hydrogens (tertiary/aromatic N) is 2. The lowest BCUT2D eigenvalue weighted by Gasteiger charge is -2.25. The number of sulfonamides is 1. The molecule has 114 valence electrons. The Labute approximate surface area is 122 Å². The standard InChI is InChI=1S/C11H19N3O4S2/c1-8(2)14(4-5-15)10(16)6-9-7-19-11(12-9)13-20(3,17)18/h7-8,15H,4-6H2,1-3H3,(H,12,13). The van der Waals surface area contributed by atoms with Gasteiger partial charge < -0.3 is 10.0 Å². The van der Waals surface area contributed by atoms with Crippen LogP contribution in [0.3, 0.4) is 0 Å². The number of amides is 1. The van der Waals surface area contributed by atoms with E-state index in [0.29, 0.717) is 5.69 Å². The van der Waals surface area contributed by atoms with E-state index in [1.54, 1.807) is 10.3 Å². The van der Waals surface area contributed by atoms with Crippen LogP contribution in [0.25, 0.3) is 0 Å². The molecule has 1 aromatic heterocycles. The summed E-state index contributed by atoms with van der Waals surface area (Å²) in [6.07, 6.45) is 1.13. The Bertz CT molecular complexity index is 554. The topological polar surface area (TPSA) is 99.6 Å². The Kier molecular flexibility index (Phi) is 5.90. The van der Waals surface area contributed by atoms with Gasteiger partial charge in [-0.25, -0.2) is 13.4 Å². The zero-order chi connectivity index (χ0) is 15.3. The van der Waals surface area contributed by atoms with E-state index in [-0.39, 0.29) is 36.7 Å². The summed E-state index contributed by atoms with van der Waals surface area (Å²) >= 11 is 1.13. The third kappa shape index (κ3) is 5.43. The van der Waals surface area contributed by atoms with Gasteiger partial charge in [-0.1, -0.05) is 0 Å². The van der Waals surface area contributed by atoms with Gasteiger partial charge >= 0.3 is 0 Å². The van der Waals surface area contributed by atoms with Crippen molar-refractivity contribution in [3.05, 3.63) is 11.1 Å². The van der Waals surface area contributed by atoms with Crippen LogP contribution in [-0.4, -0.2) is 54.8 Å². The van der Waals surface area contributed by atoms with Crippen molar-refractivity contribution in [2.24, 2.45) is 0 Å². The second kappa shape index (κ2) is 7.00. The molecule has 0 radical (unpaired) electrons. The van der Waals surface area contributed by atoms with Crippen molar-refractivity contribution >= 4 is 32.4 Å². The van der Waals surface area contributed by atoms with Crippen molar-refractivity contribution in [3.63, 3.8) is 0 Å². The Morgan fingerprint density at radius 1 is 1.55 bits per heavy atom. The van der Waals surface area contributed by atoms with Crippen LogP contribution < -0.4 is 4.72 Å². The Balaban J connectivity index is 2.71. The number of hydrogen-bond donors (Lipinski definition) is 2. The maximum Gasteiger partial charge on any atom is 0.231 e. The Hall–Kier alpha value is -1.19. The van der Waals surface area contributed by atoms with Gasteiger partial charge in [0.25, 0.3) is 0 Å². The van der Waals surface area contributed by atoms with Crippen LogP contribution in [-0.2, 0) is 21.2 Å². The van der Waals surface area contributed by atoms with Crippen molar-refractivity contribution in [2.75, 3.05) is 24.1 Å². The average molecular weight is 321 g/mol. The van der Waals surface area contributed by atoms with Gasteiger partial charge in [-0.15, -0.1) is 11.3 Å². The number of carbonyl (C=O) groups is 1. The molecule has 1 aromatic rings. The van der Waals surface area contributed by atoms with E-state index >= 15 is 0 Å². The molecule has 0 unspecified atom stereocenters. The van der Waals surface area contributed by atoms with Crippen molar-refractivity contribution in [2.45, 2.75) is 26.3 Å². The molecule has 2 N–H and O–H groups in total. The maximum absolute atomic E-state index is 12.1. The molecule has 1 rings (SSSR count). The van der Waals surface area contributed by atoms with Crippen LogP contribution in [0, 0.1) is 0 Å². The average Bonchev–Trinajstić information content (AvgIpc) is 2.70. The molecule has 0 aliphatic carbocycles. The van der Waals surface area contributed by atoms with E-state index in [4.69, 9.17) is 5.11 Å². The fourth-order valence-corrected chi connectivity index (χ4v) is 3.19. The summed E-state index contributed by atoms with van der Waals surface area (Å²) in [5.74, 6) is -0.148. The fourth-order valence-electron chi connectivity index (χ4n) is 1.63. The number of rotatable bonds is 7. The summed E-state index contributed by atoms with van der Waals surface area (Å²) in [5, 5.41) is 10.8. The summed E-state index contributed by atoms with van der Waals surface area (Å²) < 4.78 is 24.4. The van der Waals surface area contributed by atoms with E-state index in [9.17, 15) is 13.2 Å². The minimum atomic E-state index is -3.36. The first kappa shape index (κ1) is 16.9. The number of aliphatic hydroxyl groups is 1. The highest BCUT2D eigenvalue weighted by Gasteiger charge is 2.18. The minimum absolute atomic E-state index is 0.0121. The zero-order valence-corrected chi connectivity index (χ0v) is 13.3. The van der Waals surface area contributed by atoms with Gasteiger partial charge in [-0.3, -0.25) is 9.52 Å². The lowest BCUT2D eigenvalue weighted by Crippen LogP contribution is -2.39. The number of aromatic nitrogens is 1. The molecule has 0 saturated heterocycles. The summed E-state index contributed by atoms with van der Waals surface area (Å²) in [6.45, 7) is 3.91. The molecule has 1 amide bonds. The molecule has 0 atom stereocenters. The lowest BCUT2D eigenvalue weighted by atomic mass is 10.2. The largest absolute Gasteiger partial charge is 0.395 e. The van der Waals surface area contributed by atoms with E-state index < -0.39 is 10.0 Å². The van der Waals surface area contributed by atoms with E-state index in [0.717, 1.165) is 17.6 Å². The summed E-state index contributed by atoms with van der Waals surface area (Å²) in [5.41, 5.74) is 0.509. The number of aliphatic hydroxyl groups excluding tert-OH is 1. The molecule has 9 heteroatoms. The SMILES string of the molecule is CC(C)N(CCO)C(=O)Cc1csc(NS(C)(=O)=O)n1. The molecule has 0 bridgehead atoms. The Morgan fingerprint density at radius 2 is 2.20 bits per heavy atom. The molecule has 0 aliphatic heterocycles. The maximum atomic E-state index is 12.1. The predicted molar refractivity (Wildman–Crippen MR) is 78.2 cm³/mol. The molecular weight excluding hydrogens is 302 g/mol. The number of hydrogen-bond acceptors (Lipinski definition) is 6. The highest BCUT2D eigenvalue weighted by Crippen LogP contribution is 2.17. The number of thiazole rings is 1. The molecule has 20 heavy (non-hydrogen) atoms. The van der Waals surface area contributed by atoms with Crippen LogP contribution >= 0.6 is 11.3 Å². The first-order valence-electron chi connectivity index (χ1n) is 6.05. The number of anilines is 1. The van der Waals surface area contributed by atoms with E-state index in [1.807, 2.05) is 13.8 Å². The third-order valence-corrected chi connectivity index (χ3v) is 3.94. The minimum Gasteiger partial charge on any atom is -0.395 e. The normalized spacial score (nSPS) is 11.7. The second-order valence-electron chi connectivity index (χ2n) is 4.60. The molecule has 0 aromatic carbocycles. The van der Waals surface area contributed by atoms with E-state index in [1.165, 1.54) is 0 Å². The molecular formula is C11H19N3O4S2. The van der Waals surface area contributed by atoms with Crippen LogP contribution in [0.15, 0.2) is 5.38 Å². The predicted octanol–water partition coefficient (Wildman–Crippen LogP) is 0.286. The van der Waals surface area contributed by atoms with Crippen molar-refractivity contribution in [1.82, 2.24) is 9.88 Å². The summed E-state index contributed by atoms with van der Waals surface area (Å²) in [6, 6.07) is -0.0121. The van der Waals surface area contributed by atoms with Gasteiger partial charge in [0.1, 0.15) is 0 Å². The van der Waals surface area contributed by atoms with Gasteiger partial charge in [0.2, 0.25) is 15.9 Å². The smallest absolute Gasteiger partial charge is 0.231 e. The van der Waals surface area contributed by atoms with Crippen molar-refractivity contribution in [1.29, 1.82) is 0 Å². The number of carbonyl (C=O) groups excluding carboxylic acids is 1. The second-order valence-corrected chi connectivity index (χ2v) is 7.21. The van der Waals surface area contributed by atoms with Gasteiger partial charge in [0.15, 0.2) is 5.13 Å². The first-order chi connectivity index (χ1) is 9.23. The van der Waals surface area contributed by atoms with Gasteiger partial charge in [-0.05, 0) is 13.8 Å². The fraction of sp³-hybridized carbons (Fsp3) is 0.636. The van der Waals surface area contributed by atoms with Crippen LogP contribution in [0.5, 0.6) is 0 Å². The molecule has 0 spiro atoms. The van der Waals surface area contributed by atoms with Gasteiger partial charge in [0.05, 0.1) is 25.0 Å². The lowest BCUT2D eigenvalue weighted by molar-refractivity contribution is -0.132. The van der Waals surface area contributed by atoms with Gasteiger partial charge in [0, 0.05) is 18.0 Å². The summed E-state index contributed by atoms with van der Waals surface area (Å²) in [7, 11) is -3.36. The highest BCUT2D eigenvalue weighted by molar-refractivity contribution is 7.92. The molecule has 1 heterocycles. The van der Waals surface area contributed by atoms with Crippen molar-refractivity contribution in [3.8, 4) is 0 Å². The first-order valence-corrected chi connectivity index (χ1v) is 8.82. The summed E-state index contributed by atoms with van der Waals surface area (Å²) in [4.78, 5) is 17.7. The molecule has 7 nitrogen and oxygen atoms in total. The third-order valence-electron chi connectivity index (χ3n) is 2.44. The van der Waals surface area contributed by atoms with Crippen LogP contribution in [0.2, 0.25) is 0 Å². The molecule has 0 fully saturated rings. The van der Waals surface area contributed by atoms with Crippen LogP contribution in [0.1, 0.15) is 19.5 Å². The molecule has 0 saturated carbocycles. The quantitative estimate of drug-likeness (QED) is 0.752. The van der Waals surface area contributed by atoms with Crippen molar-refractivity contribution < 1.29 is 18.3 Å². The number of nitrogens with one attached hydrogen (secondary N) is 1. The highest BCUT2D eigenvalue weighted by atomic mass is 32.2.